The molecule has 1 aromatic rings. The maximum absolute atomic E-state index is 12.1. The minimum atomic E-state index is -0.892. The van der Waals surface area contributed by atoms with Crippen molar-refractivity contribution in [2.75, 3.05) is 19.8 Å². The summed E-state index contributed by atoms with van der Waals surface area (Å²) in [6, 6.07) is 3.15. The largest absolute Gasteiger partial charge is 0.493 e. The standard InChI is InChI=1S/C12H16N2O6/c1-2-20-10-5-3-4-9(14(18)19)11(10)12(17)13-8(6-15)7-16/h3-5,8,15-16H,2,6-7H2,1H3,(H,13,17). The fourth-order valence-electron chi connectivity index (χ4n) is 1.58. The number of carbonyl (C=O) groups excluding carboxylic acids is 1. The van der Waals surface area contributed by atoms with Crippen LogP contribution >= 0.6 is 0 Å². The highest BCUT2D eigenvalue weighted by molar-refractivity contribution is 6.01. The number of benzene rings is 1. The second-order valence-electron chi connectivity index (χ2n) is 3.88. The molecule has 3 N–H and O–H groups in total. The molecule has 1 aromatic carbocycles. The van der Waals surface area contributed by atoms with E-state index < -0.39 is 35.8 Å². The zero-order valence-electron chi connectivity index (χ0n) is 10.9. The van der Waals surface area contributed by atoms with E-state index in [1.54, 1.807) is 6.92 Å². The molecule has 0 bridgehead atoms. The van der Waals surface area contributed by atoms with Crippen molar-refractivity contribution < 1.29 is 24.7 Å². The summed E-state index contributed by atoms with van der Waals surface area (Å²) < 4.78 is 5.21. The second-order valence-corrected chi connectivity index (χ2v) is 3.88. The van der Waals surface area contributed by atoms with Gasteiger partial charge in [-0.3, -0.25) is 14.9 Å². The molecule has 0 aliphatic carbocycles. The molecule has 0 saturated carbocycles. The van der Waals surface area contributed by atoms with Gasteiger partial charge in [-0.05, 0) is 13.0 Å². The number of aliphatic hydroxyl groups excluding tert-OH is 2. The van der Waals surface area contributed by atoms with Gasteiger partial charge in [0, 0.05) is 6.07 Å². The van der Waals surface area contributed by atoms with Crippen LogP contribution < -0.4 is 10.1 Å². The number of rotatable bonds is 7. The fraction of sp³-hybridized carbons (Fsp3) is 0.417. The summed E-state index contributed by atoms with van der Waals surface area (Å²) in [5, 5.41) is 31.1. The molecular weight excluding hydrogens is 268 g/mol. The molecule has 1 rings (SSSR count). The molecule has 0 unspecified atom stereocenters. The highest BCUT2D eigenvalue weighted by Gasteiger charge is 2.26. The van der Waals surface area contributed by atoms with Crippen LogP contribution in [-0.4, -0.2) is 46.9 Å². The third-order valence-electron chi connectivity index (χ3n) is 2.50. The van der Waals surface area contributed by atoms with Crippen LogP contribution in [-0.2, 0) is 0 Å². The molecule has 0 aromatic heterocycles. The second kappa shape index (κ2) is 7.41. The number of nitrogens with zero attached hydrogens (tertiary/aromatic N) is 1. The number of amides is 1. The number of aliphatic hydroxyl groups is 2. The van der Waals surface area contributed by atoms with E-state index in [0.29, 0.717) is 0 Å². The molecule has 20 heavy (non-hydrogen) atoms. The van der Waals surface area contributed by atoms with Gasteiger partial charge in [0.05, 0.1) is 30.8 Å². The summed E-state index contributed by atoms with van der Waals surface area (Å²) in [5.74, 6) is -0.706. The van der Waals surface area contributed by atoms with Crippen LogP contribution in [0.25, 0.3) is 0 Å². The Morgan fingerprint density at radius 1 is 1.45 bits per heavy atom. The Hall–Kier alpha value is -2.19. The van der Waals surface area contributed by atoms with Crippen molar-refractivity contribution in [2.45, 2.75) is 13.0 Å². The first kappa shape index (κ1) is 15.9. The van der Waals surface area contributed by atoms with Gasteiger partial charge in [-0.1, -0.05) is 6.07 Å². The lowest BCUT2D eigenvalue weighted by Crippen LogP contribution is -2.40. The van der Waals surface area contributed by atoms with Crippen LogP contribution in [0.5, 0.6) is 5.75 Å². The van der Waals surface area contributed by atoms with E-state index in [9.17, 15) is 14.9 Å². The van der Waals surface area contributed by atoms with Gasteiger partial charge in [-0.2, -0.15) is 0 Å². The molecule has 8 nitrogen and oxygen atoms in total. The van der Waals surface area contributed by atoms with Crippen LogP contribution in [0, 0.1) is 10.1 Å². The molecule has 0 aliphatic rings. The van der Waals surface area contributed by atoms with E-state index >= 15 is 0 Å². The molecule has 1 amide bonds. The topological polar surface area (TPSA) is 122 Å². The zero-order chi connectivity index (χ0) is 15.1. The van der Waals surface area contributed by atoms with Gasteiger partial charge in [0.25, 0.3) is 11.6 Å². The van der Waals surface area contributed by atoms with Crippen LogP contribution in [0.3, 0.4) is 0 Å². The molecule has 0 aliphatic heterocycles. The summed E-state index contributed by atoms with van der Waals surface area (Å²) in [4.78, 5) is 22.4. The smallest absolute Gasteiger partial charge is 0.285 e. The molecule has 0 saturated heterocycles. The van der Waals surface area contributed by atoms with Crippen molar-refractivity contribution in [3.8, 4) is 5.75 Å². The predicted octanol–water partition coefficient (Wildman–Crippen LogP) is 0.0765. The number of ether oxygens (including phenoxy) is 1. The van der Waals surface area contributed by atoms with Crippen LogP contribution in [0.2, 0.25) is 0 Å². The minimum Gasteiger partial charge on any atom is -0.493 e. The van der Waals surface area contributed by atoms with Gasteiger partial charge >= 0.3 is 0 Å². The van der Waals surface area contributed by atoms with Gasteiger partial charge in [-0.25, -0.2) is 0 Å². The Morgan fingerprint density at radius 2 is 2.10 bits per heavy atom. The predicted molar refractivity (Wildman–Crippen MR) is 69.7 cm³/mol. The first-order valence-corrected chi connectivity index (χ1v) is 5.97. The maximum atomic E-state index is 12.1. The number of hydrogen-bond donors (Lipinski definition) is 3. The van der Waals surface area contributed by atoms with E-state index in [-0.39, 0.29) is 17.9 Å². The number of nitro groups is 1. The van der Waals surface area contributed by atoms with Crippen LogP contribution in [0.4, 0.5) is 5.69 Å². The minimum absolute atomic E-state index is 0.0776. The quantitative estimate of drug-likeness (QED) is 0.481. The molecule has 0 fully saturated rings. The van der Waals surface area contributed by atoms with Crippen molar-refractivity contribution in [2.24, 2.45) is 0 Å². The average Bonchev–Trinajstić information content (AvgIpc) is 2.44. The first-order valence-electron chi connectivity index (χ1n) is 5.97. The highest BCUT2D eigenvalue weighted by Crippen LogP contribution is 2.28. The molecule has 0 atom stereocenters. The lowest BCUT2D eigenvalue weighted by atomic mass is 10.1. The Labute approximate surface area is 115 Å². The number of hydrogen-bond acceptors (Lipinski definition) is 6. The van der Waals surface area contributed by atoms with E-state index in [1.807, 2.05) is 0 Å². The first-order chi connectivity index (χ1) is 9.54. The van der Waals surface area contributed by atoms with E-state index in [0.717, 1.165) is 0 Å². The van der Waals surface area contributed by atoms with Gasteiger partial charge in [-0.15, -0.1) is 0 Å². The number of nitro benzene ring substituents is 1. The lowest BCUT2D eigenvalue weighted by molar-refractivity contribution is -0.385. The number of carbonyl (C=O) groups is 1. The molecule has 0 heterocycles. The fourth-order valence-corrected chi connectivity index (χ4v) is 1.58. The summed E-state index contributed by atoms with van der Waals surface area (Å²) in [6.45, 7) is 0.968. The van der Waals surface area contributed by atoms with Gasteiger partial charge in [0.2, 0.25) is 0 Å². The Morgan fingerprint density at radius 3 is 2.60 bits per heavy atom. The van der Waals surface area contributed by atoms with Crippen molar-refractivity contribution in [3.63, 3.8) is 0 Å². The Kier molecular flexibility index (Phi) is 5.88. The van der Waals surface area contributed by atoms with Crippen molar-refractivity contribution >= 4 is 11.6 Å². The van der Waals surface area contributed by atoms with Gasteiger partial charge < -0.3 is 20.3 Å². The molecular formula is C12H16N2O6. The molecule has 0 spiro atoms. The van der Waals surface area contributed by atoms with E-state index in [1.165, 1.54) is 18.2 Å². The summed E-state index contributed by atoms with van der Waals surface area (Å²) in [7, 11) is 0. The third kappa shape index (κ3) is 3.65. The third-order valence-corrected chi connectivity index (χ3v) is 2.50. The maximum Gasteiger partial charge on any atom is 0.285 e. The summed E-state index contributed by atoms with van der Waals surface area (Å²) >= 11 is 0. The molecule has 0 radical (unpaired) electrons. The lowest BCUT2D eigenvalue weighted by Gasteiger charge is -2.15. The summed E-state index contributed by atoms with van der Waals surface area (Å²) in [6.07, 6.45) is 0. The average molecular weight is 284 g/mol. The van der Waals surface area contributed by atoms with Gasteiger partial charge in [0.1, 0.15) is 5.75 Å². The molecule has 8 heteroatoms. The van der Waals surface area contributed by atoms with E-state index in [2.05, 4.69) is 5.32 Å². The normalized spacial score (nSPS) is 10.4. The van der Waals surface area contributed by atoms with Crippen molar-refractivity contribution in [1.29, 1.82) is 0 Å². The Bertz CT molecular complexity index is 487. The van der Waals surface area contributed by atoms with Crippen molar-refractivity contribution in [1.82, 2.24) is 5.32 Å². The van der Waals surface area contributed by atoms with E-state index in [4.69, 9.17) is 14.9 Å². The Balaban J connectivity index is 3.18. The van der Waals surface area contributed by atoms with Gasteiger partial charge in [0.15, 0.2) is 5.56 Å². The van der Waals surface area contributed by atoms with Crippen molar-refractivity contribution in [3.05, 3.63) is 33.9 Å². The monoisotopic (exact) mass is 284 g/mol. The van der Waals surface area contributed by atoms with Crippen LogP contribution in [0.15, 0.2) is 18.2 Å². The zero-order valence-corrected chi connectivity index (χ0v) is 10.9. The molecule has 110 valence electrons. The SMILES string of the molecule is CCOc1cccc([N+](=O)[O-])c1C(=O)NC(CO)CO. The highest BCUT2D eigenvalue weighted by atomic mass is 16.6. The van der Waals surface area contributed by atoms with Crippen LogP contribution in [0.1, 0.15) is 17.3 Å². The number of nitrogens with one attached hydrogen (secondary N) is 1. The summed E-state index contributed by atoms with van der Waals surface area (Å²) in [5.41, 5.74) is -0.630.